The van der Waals surface area contributed by atoms with E-state index < -0.39 is 29.6 Å². The van der Waals surface area contributed by atoms with E-state index in [0.717, 1.165) is 12.1 Å². The first-order valence-electron chi connectivity index (χ1n) is 6.27. The van der Waals surface area contributed by atoms with Gasteiger partial charge in [-0.3, -0.25) is 14.5 Å². The Kier molecular flexibility index (Phi) is 4.81. The molecule has 2 rings (SSSR count). The molecule has 0 saturated carbocycles. The molecule has 1 heterocycles. The third kappa shape index (κ3) is 3.96. The highest BCUT2D eigenvalue weighted by atomic mass is 19.1. The fraction of sp³-hybridized carbons (Fsp3) is 0.385. The molecule has 1 aliphatic rings. The normalized spacial score (nSPS) is 19.2. The molecule has 114 valence electrons. The van der Waals surface area contributed by atoms with E-state index in [0.29, 0.717) is 12.7 Å². The summed E-state index contributed by atoms with van der Waals surface area (Å²) in [6.45, 7) is 0.392. The Balaban J connectivity index is 1.98. The molecule has 1 unspecified atom stereocenters. The maximum absolute atomic E-state index is 13.4. The average molecular weight is 300 g/mol. The highest BCUT2D eigenvalue weighted by Crippen LogP contribution is 2.15. The number of benzene rings is 1. The lowest BCUT2D eigenvalue weighted by Crippen LogP contribution is -2.52. The molecule has 1 amide bonds. The van der Waals surface area contributed by atoms with Crippen molar-refractivity contribution in [3.05, 3.63) is 29.8 Å². The van der Waals surface area contributed by atoms with E-state index >= 15 is 0 Å². The molecule has 1 saturated heterocycles. The maximum atomic E-state index is 13.4. The molecule has 0 spiro atoms. The van der Waals surface area contributed by atoms with Crippen molar-refractivity contribution < 1.29 is 28.2 Å². The van der Waals surface area contributed by atoms with Crippen LogP contribution in [-0.2, 0) is 14.3 Å². The number of hydrogen-bond acceptors (Lipinski definition) is 4. The first kappa shape index (κ1) is 15.3. The monoisotopic (exact) mass is 300 g/mol. The zero-order valence-electron chi connectivity index (χ0n) is 11.0. The van der Waals surface area contributed by atoms with Gasteiger partial charge in [0, 0.05) is 12.6 Å². The van der Waals surface area contributed by atoms with Gasteiger partial charge in [-0.15, -0.1) is 0 Å². The number of carbonyl (C=O) groups excluding carboxylic acids is 1. The minimum Gasteiger partial charge on any atom is -0.480 e. The van der Waals surface area contributed by atoms with Crippen LogP contribution >= 0.6 is 0 Å². The lowest BCUT2D eigenvalue weighted by atomic mass is 10.2. The van der Waals surface area contributed by atoms with E-state index in [9.17, 15) is 18.4 Å². The van der Waals surface area contributed by atoms with Gasteiger partial charge < -0.3 is 15.2 Å². The molecule has 0 aliphatic carbocycles. The predicted octanol–water partition coefficient (Wildman–Crippen LogP) is 0.689. The van der Waals surface area contributed by atoms with Gasteiger partial charge >= 0.3 is 5.97 Å². The van der Waals surface area contributed by atoms with Gasteiger partial charge in [-0.1, -0.05) is 0 Å². The van der Waals surface area contributed by atoms with E-state index in [-0.39, 0.29) is 25.4 Å². The third-order valence-corrected chi connectivity index (χ3v) is 3.08. The number of ether oxygens (including phenoxy) is 1. The maximum Gasteiger partial charge on any atom is 0.323 e. The lowest BCUT2D eigenvalue weighted by Gasteiger charge is -2.32. The number of carboxylic acid groups (broad SMARTS) is 1. The van der Waals surface area contributed by atoms with Crippen LogP contribution in [-0.4, -0.2) is 54.2 Å². The number of carboxylic acids is 1. The molecule has 2 N–H and O–H groups in total. The summed E-state index contributed by atoms with van der Waals surface area (Å²) in [6, 6.07) is 1.87. The van der Waals surface area contributed by atoms with Gasteiger partial charge in [0.1, 0.15) is 17.7 Å². The fourth-order valence-corrected chi connectivity index (χ4v) is 2.02. The van der Waals surface area contributed by atoms with E-state index in [4.69, 9.17) is 9.84 Å². The number of hydrogen-bond donors (Lipinski definition) is 2. The Hall–Kier alpha value is -2.06. The predicted molar refractivity (Wildman–Crippen MR) is 68.8 cm³/mol. The lowest BCUT2D eigenvalue weighted by molar-refractivity contribution is -0.150. The Labute approximate surface area is 119 Å². The van der Waals surface area contributed by atoms with Crippen molar-refractivity contribution in [2.75, 3.05) is 31.6 Å². The summed E-state index contributed by atoms with van der Waals surface area (Å²) in [6.07, 6.45) is 0. The average Bonchev–Trinajstić information content (AvgIpc) is 2.42. The van der Waals surface area contributed by atoms with Gasteiger partial charge in [-0.2, -0.15) is 0 Å². The van der Waals surface area contributed by atoms with E-state index in [1.54, 1.807) is 0 Å². The molecule has 1 aromatic rings. The van der Waals surface area contributed by atoms with Crippen molar-refractivity contribution in [1.29, 1.82) is 0 Å². The summed E-state index contributed by atoms with van der Waals surface area (Å²) < 4.78 is 31.2. The van der Waals surface area contributed by atoms with E-state index in [1.165, 1.54) is 4.90 Å². The topological polar surface area (TPSA) is 78.9 Å². The van der Waals surface area contributed by atoms with Crippen LogP contribution in [0.2, 0.25) is 0 Å². The molecule has 1 aliphatic heterocycles. The van der Waals surface area contributed by atoms with Crippen LogP contribution in [0.5, 0.6) is 0 Å². The number of anilines is 1. The summed E-state index contributed by atoms with van der Waals surface area (Å²) >= 11 is 0. The number of nitrogens with zero attached hydrogens (tertiary/aromatic N) is 1. The first-order chi connectivity index (χ1) is 9.97. The van der Waals surface area contributed by atoms with Gasteiger partial charge in [-0.05, 0) is 12.1 Å². The number of rotatable bonds is 4. The minimum absolute atomic E-state index is 0.00643. The zero-order valence-corrected chi connectivity index (χ0v) is 11.0. The van der Waals surface area contributed by atoms with Gasteiger partial charge in [-0.25, -0.2) is 8.78 Å². The Bertz CT molecular complexity index is 553. The second-order valence-electron chi connectivity index (χ2n) is 4.57. The molecule has 21 heavy (non-hydrogen) atoms. The van der Waals surface area contributed by atoms with E-state index in [2.05, 4.69) is 5.32 Å². The fourth-order valence-electron chi connectivity index (χ4n) is 2.02. The minimum atomic E-state index is -1.09. The van der Waals surface area contributed by atoms with Crippen LogP contribution in [0, 0.1) is 11.6 Å². The highest BCUT2D eigenvalue weighted by molar-refractivity contribution is 5.92. The zero-order chi connectivity index (χ0) is 15.4. The summed E-state index contributed by atoms with van der Waals surface area (Å²) in [5.74, 6) is -3.30. The van der Waals surface area contributed by atoms with Crippen molar-refractivity contribution in [3.63, 3.8) is 0 Å². The number of carbonyl (C=O) groups is 2. The van der Waals surface area contributed by atoms with Gasteiger partial charge in [0.05, 0.1) is 25.4 Å². The molecule has 1 atom stereocenters. The van der Waals surface area contributed by atoms with Crippen molar-refractivity contribution in [2.24, 2.45) is 0 Å². The quantitative estimate of drug-likeness (QED) is 0.855. The van der Waals surface area contributed by atoms with Crippen LogP contribution in [0.3, 0.4) is 0 Å². The summed E-state index contributed by atoms with van der Waals surface area (Å²) in [5, 5.41) is 11.3. The number of halogens is 2. The van der Waals surface area contributed by atoms with E-state index in [1.807, 2.05) is 0 Å². The molecule has 0 aromatic heterocycles. The van der Waals surface area contributed by atoms with Gasteiger partial charge in [0.25, 0.3) is 0 Å². The molecular weight excluding hydrogens is 286 g/mol. The molecule has 8 heteroatoms. The number of amides is 1. The van der Waals surface area contributed by atoms with Gasteiger partial charge in [0.2, 0.25) is 5.91 Å². The molecule has 6 nitrogen and oxygen atoms in total. The highest BCUT2D eigenvalue weighted by Gasteiger charge is 2.30. The number of aliphatic carboxylic acids is 1. The summed E-state index contributed by atoms with van der Waals surface area (Å²) in [7, 11) is 0. The van der Waals surface area contributed by atoms with Crippen molar-refractivity contribution in [1.82, 2.24) is 4.90 Å². The standard InChI is InChI=1S/C13H14F2N2O4/c14-8-1-2-10(9(15)5-8)16-12(18)6-17-3-4-21-7-11(17)13(19)20/h1-2,5,11H,3-4,6-7H2,(H,16,18)(H,19,20). The second-order valence-corrected chi connectivity index (χ2v) is 4.57. The summed E-state index contributed by atoms with van der Waals surface area (Å²) in [5.41, 5.74) is -0.151. The molecule has 0 radical (unpaired) electrons. The van der Waals surface area contributed by atoms with Crippen LogP contribution in [0.15, 0.2) is 18.2 Å². The van der Waals surface area contributed by atoms with Crippen LogP contribution < -0.4 is 5.32 Å². The van der Waals surface area contributed by atoms with Crippen LogP contribution in [0.1, 0.15) is 0 Å². The van der Waals surface area contributed by atoms with Crippen molar-refractivity contribution >= 4 is 17.6 Å². The van der Waals surface area contributed by atoms with Gasteiger partial charge in [0.15, 0.2) is 0 Å². The number of morpholine rings is 1. The van der Waals surface area contributed by atoms with Crippen LogP contribution in [0.25, 0.3) is 0 Å². The molecule has 1 fully saturated rings. The molecule has 1 aromatic carbocycles. The number of nitrogens with one attached hydrogen (secondary N) is 1. The van der Waals surface area contributed by atoms with Crippen molar-refractivity contribution in [2.45, 2.75) is 6.04 Å². The second kappa shape index (κ2) is 6.59. The SMILES string of the molecule is O=C(CN1CCOCC1C(=O)O)Nc1ccc(F)cc1F. The third-order valence-electron chi connectivity index (χ3n) is 3.08. The largest absolute Gasteiger partial charge is 0.480 e. The Morgan fingerprint density at radius 1 is 1.43 bits per heavy atom. The smallest absolute Gasteiger partial charge is 0.323 e. The van der Waals surface area contributed by atoms with Crippen LogP contribution in [0.4, 0.5) is 14.5 Å². The molecule has 0 bridgehead atoms. The van der Waals surface area contributed by atoms with Crippen molar-refractivity contribution in [3.8, 4) is 0 Å². The first-order valence-corrected chi connectivity index (χ1v) is 6.27. The Morgan fingerprint density at radius 3 is 2.86 bits per heavy atom. The summed E-state index contributed by atoms with van der Waals surface area (Å²) in [4.78, 5) is 24.3. The Morgan fingerprint density at radius 2 is 2.19 bits per heavy atom. The molecular formula is C13H14F2N2O4.